The molecule has 2 N–H and O–H groups in total. The van der Waals surface area contributed by atoms with Crippen molar-refractivity contribution in [1.29, 1.82) is 5.26 Å². The number of nitriles is 1. The Morgan fingerprint density at radius 1 is 1.47 bits per heavy atom. The van der Waals surface area contributed by atoms with Crippen molar-refractivity contribution in [3.05, 3.63) is 0 Å². The average molecular weight is 239 g/mol. The molecule has 1 rings (SSSR count). The minimum atomic E-state index is -1.02. The third-order valence-corrected chi connectivity index (χ3v) is 3.29. The van der Waals surface area contributed by atoms with Gasteiger partial charge in [0.05, 0.1) is 6.07 Å². The fraction of sp³-hybridized carbons (Fsp3) is 0.833. The zero-order valence-corrected chi connectivity index (χ0v) is 10.4. The predicted molar refractivity (Wildman–Crippen MR) is 63.4 cm³/mol. The molecule has 0 atom stereocenters. The number of nitrogens with one attached hydrogen (secondary N) is 1. The second kappa shape index (κ2) is 6.45. The standard InChI is InChI=1S/C12H21N3O2/c1-2-3-9-14-11(16)15(17)12(10-13)7-5-4-6-8-12/h17H,2-9H2,1H3,(H,14,16). The lowest BCUT2D eigenvalue weighted by Crippen LogP contribution is -2.53. The maximum Gasteiger partial charge on any atom is 0.342 e. The van der Waals surface area contributed by atoms with E-state index in [1.807, 2.05) is 6.92 Å². The van der Waals surface area contributed by atoms with E-state index in [0.717, 1.165) is 32.1 Å². The van der Waals surface area contributed by atoms with E-state index in [-0.39, 0.29) is 0 Å². The van der Waals surface area contributed by atoms with E-state index >= 15 is 0 Å². The lowest BCUT2D eigenvalue weighted by atomic mass is 9.82. The van der Waals surface area contributed by atoms with Crippen molar-refractivity contribution in [2.24, 2.45) is 0 Å². The molecule has 0 spiro atoms. The van der Waals surface area contributed by atoms with E-state index in [1.165, 1.54) is 0 Å². The number of carbonyl (C=O) groups is 1. The summed E-state index contributed by atoms with van der Waals surface area (Å²) in [6.45, 7) is 2.56. The first kappa shape index (κ1) is 13.8. The summed E-state index contributed by atoms with van der Waals surface area (Å²) in [6, 6.07) is 1.55. The van der Waals surface area contributed by atoms with E-state index in [1.54, 1.807) is 0 Å². The van der Waals surface area contributed by atoms with E-state index in [2.05, 4.69) is 11.4 Å². The maximum atomic E-state index is 11.7. The average Bonchev–Trinajstić information content (AvgIpc) is 2.38. The molecule has 96 valence electrons. The number of hydrogen-bond donors (Lipinski definition) is 2. The van der Waals surface area contributed by atoms with Crippen LogP contribution < -0.4 is 5.32 Å². The highest BCUT2D eigenvalue weighted by Crippen LogP contribution is 2.32. The Kier molecular flexibility index (Phi) is 5.23. The van der Waals surface area contributed by atoms with Crippen molar-refractivity contribution < 1.29 is 10.0 Å². The highest BCUT2D eigenvalue weighted by atomic mass is 16.5. The van der Waals surface area contributed by atoms with Crippen LogP contribution in [0.3, 0.4) is 0 Å². The first-order valence-corrected chi connectivity index (χ1v) is 6.34. The molecule has 0 aromatic carbocycles. The smallest absolute Gasteiger partial charge is 0.336 e. The molecule has 0 radical (unpaired) electrons. The third kappa shape index (κ3) is 3.34. The molecule has 0 aliphatic heterocycles. The molecule has 1 aliphatic rings. The summed E-state index contributed by atoms with van der Waals surface area (Å²) in [5.41, 5.74) is -1.02. The molecule has 5 heteroatoms. The number of rotatable bonds is 4. The van der Waals surface area contributed by atoms with Crippen LogP contribution in [-0.4, -0.2) is 28.4 Å². The van der Waals surface area contributed by atoms with Gasteiger partial charge in [-0.25, -0.2) is 4.79 Å². The summed E-state index contributed by atoms with van der Waals surface area (Å²) in [5.74, 6) is 0. The van der Waals surface area contributed by atoms with Crippen molar-refractivity contribution in [2.45, 2.75) is 57.4 Å². The van der Waals surface area contributed by atoms with Crippen LogP contribution in [-0.2, 0) is 0 Å². The highest BCUT2D eigenvalue weighted by Gasteiger charge is 2.40. The number of hydrogen-bond acceptors (Lipinski definition) is 3. The molecule has 0 unspecified atom stereocenters. The Labute approximate surface area is 102 Å². The predicted octanol–water partition coefficient (Wildman–Crippen LogP) is 2.41. The van der Waals surface area contributed by atoms with Gasteiger partial charge in [0.1, 0.15) is 0 Å². The summed E-state index contributed by atoms with van der Waals surface area (Å²) in [5, 5.41) is 22.3. The Morgan fingerprint density at radius 2 is 2.12 bits per heavy atom. The fourth-order valence-corrected chi connectivity index (χ4v) is 2.15. The quantitative estimate of drug-likeness (QED) is 0.449. The van der Waals surface area contributed by atoms with Gasteiger partial charge in [-0.1, -0.05) is 19.8 Å². The topological polar surface area (TPSA) is 76.4 Å². The van der Waals surface area contributed by atoms with Gasteiger partial charge in [-0.2, -0.15) is 10.3 Å². The van der Waals surface area contributed by atoms with Crippen LogP contribution in [0.15, 0.2) is 0 Å². The van der Waals surface area contributed by atoms with Gasteiger partial charge in [0.25, 0.3) is 0 Å². The molecule has 0 heterocycles. The second-order valence-electron chi connectivity index (χ2n) is 4.60. The van der Waals surface area contributed by atoms with Crippen molar-refractivity contribution >= 4 is 6.03 Å². The van der Waals surface area contributed by atoms with Gasteiger partial charge >= 0.3 is 6.03 Å². The van der Waals surface area contributed by atoms with Gasteiger partial charge in [-0.05, 0) is 32.1 Å². The van der Waals surface area contributed by atoms with Crippen molar-refractivity contribution in [3.8, 4) is 6.07 Å². The van der Waals surface area contributed by atoms with Crippen LogP contribution in [0, 0.1) is 11.3 Å². The van der Waals surface area contributed by atoms with Crippen molar-refractivity contribution in [3.63, 3.8) is 0 Å². The van der Waals surface area contributed by atoms with E-state index in [4.69, 9.17) is 0 Å². The summed E-state index contributed by atoms with van der Waals surface area (Å²) in [4.78, 5) is 11.7. The number of unbranched alkanes of at least 4 members (excludes halogenated alkanes) is 1. The maximum absolute atomic E-state index is 11.7. The van der Waals surface area contributed by atoms with Gasteiger partial charge in [0.15, 0.2) is 5.54 Å². The SMILES string of the molecule is CCCCNC(=O)N(O)C1(C#N)CCCCC1. The number of carbonyl (C=O) groups excluding carboxylic acids is 1. The summed E-state index contributed by atoms with van der Waals surface area (Å²) in [7, 11) is 0. The molecule has 1 aliphatic carbocycles. The minimum Gasteiger partial charge on any atom is -0.336 e. The van der Waals surface area contributed by atoms with Gasteiger partial charge in [0, 0.05) is 6.54 Å². The fourth-order valence-electron chi connectivity index (χ4n) is 2.15. The van der Waals surface area contributed by atoms with Crippen LogP contribution >= 0.6 is 0 Å². The molecule has 2 amide bonds. The lowest BCUT2D eigenvalue weighted by molar-refractivity contribution is -0.116. The molecule has 1 saturated carbocycles. The van der Waals surface area contributed by atoms with Crippen LogP contribution in [0.25, 0.3) is 0 Å². The Bertz CT molecular complexity index is 293. The molecule has 5 nitrogen and oxygen atoms in total. The van der Waals surface area contributed by atoms with Crippen LogP contribution in [0.2, 0.25) is 0 Å². The number of urea groups is 1. The lowest BCUT2D eigenvalue weighted by Gasteiger charge is -2.36. The first-order chi connectivity index (χ1) is 8.16. The minimum absolute atomic E-state index is 0.536. The molecule has 0 bridgehead atoms. The number of amides is 2. The third-order valence-electron chi connectivity index (χ3n) is 3.29. The van der Waals surface area contributed by atoms with Crippen molar-refractivity contribution in [2.75, 3.05) is 6.54 Å². The van der Waals surface area contributed by atoms with Gasteiger partial charge in [-0.15, -0.1) is 0 Å². The first-order valence-electron chi connectivity index (χ1n) is 6.34. The summed E-state index contributed by atoms with van der Waals surface area (Å²) >= 11 is 0. The number of hydroxylamine groups is 2. The van der Waals surface area contributed by atoms with E-state index < -0.39 is 11.6 Å². The van der Waals surface area contributed by atoms with Gasteiger partial charge in [-0.3, -0.25) is 5.21 Å². The second-order valence-corrected chi connectivity index (χ2v) is 4.60. The Morgan fingerprint density at radius 3 is 2.65 bits per heavy atom. The van der Waals surface area contributed by atoms with Crippen LogP contribution in [0.1, 0.15) is 51.9 Å². The van der Waals surface area contributed by atoms with Crippen LogP contribution in [0.5, 0.6) is 0 Å². The molecule has 0 saturated heterocycles. The summed E-state index contributed by atoms with van der Waals surface area (Å²) < 4.78 is 0. The summed E-state index contributed by atoms with van der Waals surface area (Å²) in [6.07, 6.45) is 5.80. The molecule has 0 aromatic heterocycles. The molecule has 17 heavy (non-hydrogen) atoms. The Balaban J connectivity index is 2.56. The van der Waals surface area contributed by atoms with Gasteiger partial charge < -0.3 is 5.32 Å². The van der Waals surface area contributed by atoms with E-state index in [0.29, 0.717) is 24.4 Å². The van der Waals surface area contributed by atoms with Crippen molar-refractivity contribution in [1.82, 2.24) is 10.4 Å². The monoisotopic (exact) mass is 239 g/mol. The zero-order chi connectivity index (χ0) is 12.7. The zero-order valence-electron chi connectivity index (χ0n) is 10.4. The molecular formula is C12H21N3O2. The molecular weight excluding hydrogens is 218 g/mol. The van der Waals surface area contributed by atoms with Crippen LogP contribution in [0.4, 0.5) is 4.79 Å². The molecule has 0 aromatic rings. The Hall–Kier alpha value is -1.28. The normalized spacial score (nSPS) is 18.2. The van der Waals surface area contributed by atoms with E-state index in [9.17, 15) is 15.3 Å². The number of nitrogens with zero attached hydrogens (tertiary/aromatic N) is 2. The largest absolute Gasteiger partial charge is 0.342 e. The molecule has 1 fully saturated rings. The highest BCUT2D eigenvalue weighted by molar-refractivity contribution is 5.74. The van der Waals surface area contributed by atoms with Gasteiger partial charge in [0.2, 0.25) is 0 Å².